The van der Waals surface area contributed by atoms with E-state index in [0.29, 0.717) is 5.95 Å². The third-order valence-corrected chi connectivity index (χ3v) is 6.35. The molecule has 0 unspecified atom stereocenters. The minimum absolute atomic E-state index is 0.612. The van der Waals surface area contributed by atoms with E-state index in [0.717, 1.165) is 30.5 Å². The minimum atomic E-state index is 0.612. The van der Waals surface area contributed by atoms with Crippen LogP contribution in [0.25, 0.3) is 5.69 Å². The molecular weight excluding hydrogens is 372 g/mol. The molecular formula is C24H30N6. The largest absolute Gasteiger partial charge is 0.369 e. The Morgan fingerprint density at radius 3 is 2.43 bits per heavy atom. The van der Waals surface area contributed by atoms with Crippen LogP contribution in [0.1, 0.15) is 31.2 Å². The Hall–Kier alpha value is -2.86. The highest BCUT2D eigenvalue weighted by atomic mass is 15.4. The van der Waals surface area contributed by atoms with Gasteiger partial charge < -0.3 is 10.2 Å². The van der Waals surface area contributed by atoms with Crippen molar-refractivity contribution in [2.45, 2.75) is 38.6 Å². The van der Waals surface area contributed by atoms with Gasteiger partial charge in [-0.05, 0) is 55.7 Å². The van der Waals surface area contributed by atoms with Gasteiger partial charge in [-0.1, -0.05) is 31.0 Å². The normalized spacial score (nSPS) is 18.1. The van der Waals surface area contributed by atoms with Crippen molar-refractivity contribution in [3.8, 4) is 5.69 Å². The van der Waals surface area contributed by atoms with Gasteiger partial charge in [0.1, 0.15) is 6.33 Å². The maximum Gasteiger partial charge on any atom is 0.246 e. The first kappa shape index (κ1) is 19.1. The van der Waals surface area contributed by atoms with Crippen LogP contribution in [0.4, 0.5) is 17.3 Å². The molecule has 2 aromatic carbocycles. The maximum absolute atomic E-state index is 4.58. The maximum atomic E-state index is 4.58. The molecule has 2 heterocycles. The second-order valence-electron chi connectivity index (χ2n) is 8.49. The number of aromatic nitrogens is 3. The summed E-state index contributed by atoms with van der Waals surface area (Å²) in [7, 11) is 0. The zero-order valence-electron chi connectivity index (χ0n) is 17.7. The summed E-state index contributed by atoms with van der Waals surface area (Å²) < 4.78 is 1.79. The lowest BCUT2D eigenvalue weighted by Gasteiger charge is -2.39. The molecule has 0 bridgehead atoms. The van der Waals surface area contributed by atoms with Crippen LogP contribution in [0.15, 0.2) is 54.9 Å². The number of aryl methyl sites for hydroxylation is 1. The Morgan fingerprint density at radius 1 is 0.900 bits per heavy atom. The molecule has 2 fully saturated rings. The van der Waals surface area contributed by atoms with Gasteiger partial charge in [0, 0.05) is 43.6 Å². The lowest BCUT2D eigenvalue weighted by Crippen LogP contribution is -2.49. The van der Waals surface area contributed by atoms with Crippen LogP contribution in [0.3, 0.4) is 0 Å². The fourth-order valence-electron chi connectivity index (χ4n) is 4.79. The van der Waals surface area contributed by atoms with Gasteiger partial charge in [-0.2, -0.15) is 4.98 Å². The number of hydrogen-bond acceptors (Lipinski definition) is 5. The summed E-state index contributed by atoms with van der Waals surface area (Å²) in [6.45, 7) is 6.69. The van der Waals surface area contributed by atoms with Crippen molar-refractivity contribution in [3.63, 3.8) is 0 Å². The molecule has 30 heavy (non-hydrogen) atoms. The summed E-state index contributed by atoms with van der Waals surface area (Å²) >= 11 is 0. The first-order valence-corrected chi connectivity index (χ1v) is 11.1. The molecule has 1 aromatic heterocycles. The first-order chi connectivity index (χ1) is 14.7. The molecule has 3 aromatic rings. The van der Waals surface area contributed by atoms with Crippen molar-refractivity contribution in [2.75, 3.05) is 36.4 Å². The van der Waals surface area contributed by atoms with Crippen molar-refractivity contribution in [3.05, 3.63) is 60.4 Å². The van der Waals surface area contributed by atoms with Crippen molar-refractivity contribution < 1.29 is 0 Å². The highest BCUT2D eigenvalue weighted by Gasteiger charge is 2.26. The van der Waals surface area contributed by atoms with E-state index < -0.39 is 0 Å². The molecule has 6 nitrogen and oxygen atoms in total. The average molecular weight is 403 g/mol. The van der Waals surface area contributed by atoms with E-state index in [2.05, 4.69) is 50.3 Å². The molecule has 0 amide bonds. The van der Waals surface area contributed by atoms with Crippen molar-refractivity contribution in [2.24, 2.45) is 0 Å². The van der Waals surface area contributed by atoms with Gasteiger partial charge in [-0.3, -0.25) is 4.90 Å². The van der Waals surface area contributed by atoms with Crippen molar-refractivity contribution >= 4 is 17.3 Å². The molecule has 6 heteroatoms. The smallest absolute Gasteiger partial charge is 0.246 e. The number of hydrogen-bond donors (Lipinski definition) is 1. The van der Waals surface area contributed by atoms with E-state index in [9.17, 15) is 0 Å². The van der Waals surface area contributed by atoms with Gasteiger partial charge in [0.05, 0.1) is 5.69 Å². The third kappa shape index (κ3) is 4.19. The fourth-order valence-corrected chi connectivity index (χ4v) is 4.79. The van der Waals surface area contributed by atoms with Crippen LogP contribution in [0, 0.1) is 6.92 Å². The van der Waals surface area contributed by atoms with E-state index in [1.165, 1.54) is 50.0 Å². The summed E-state index contributed by atoms with van der Waals surface area (Å²) in [6.07, 6.45) is 7.34. The van der Waals surface area contributed by atoms with Gasteiger partial charge in [-0.15, -0.1) is 5.10 Å². The number of para-hydroxylation sites is 1. The molecule has 156 valence electrons. The molecule has 0 spiro atoms. The molecule has 1 saturated carbocycles. The van der Waals surface area contributed by atoms with Crippen LogP contribution in [0.5, 0.6) is 0 Å². The van der Waals surface area contributed by atoms with E-state index in [1.54, 1.807) is 11.0 Å². The zero-order valence-corrected chi connectivity index (χ0v) is 17.7. The first-order valence-electron chi connectivity index (χ1n) is 11.1. The van der Waals surface area contributed by atoms with E-state index in [1.807, 2.05) is 30.3 Å². The standard InChI is InChI=1S/C24H30N6/c1-19-15-20(26-24-25-18-30(27-24)22-9-3-2-4-10-22)17-23(16-19)29-13-11-28(12-14-29)21-7-5-6-8-21/h2-4,9-10,15-18,21H,5-8,11-14H2,1H3,(H,26,27). The highest BCUT2D eigenvalue weighted by Crippen LogP contribution is 2.28. The minimum Gasteiger partial charge on any atom is -0.369 e. The van der Waals surface area contributed by atoms with Crippen LogP contribution in [-0.2, 0) is 0 Å². The molecule has 0 radical (unpaired) electrons. The van der Waals surface area contributed by atoms with Crippen molar-refractivity contribution in [1.29, 1.82) is 0 Å². The van der Waals surface area contributed by atoms with Crippen LogP contribution in [0.2, 0.25) is 0 Å². The SMILES string of the molecule is Cc1cc(Nc2ncn(-c3ccccc3)n2)cc(N2CCN(C3CCCC3)CC2)c1. The number of piperazine rings is 1. The summed E-state index contributed by atoms with van der Waals surface area (Å²) in [5, 5.41) is 7.96. The number of anilines is 3. The fraction of sp³-hybridized carbons (Fsp3) is 0.417. The van der Waals surface area contributed by atoms with Gasteiger partial charge in [0.15, 0.2) is 0 Å². The molecule has 1 aliphatic heterocycles. The van der Waals surface area contributed by atoms with Gasteiger partial charge in [-0.25, -0.2) is 4.68 Å². The lowest BCUT2D eigenvalue weighted by atomic mass is 10.1. The van der Waals surface area contributed by atoms with Gasteiger partial charge in [0.2, 0.25) is 5.95 Å². The predicted octanol–water partition coefficient (Wildman–Crippen LogP) is 4.38. The van der Waals surface area contributed by atoms with E-state index in [4.69, 9.17) is 0 Å². The summed E-state index contributed by atoms with van der Waals surface area (Å²) in [6, 6.07) is 17.5. The summed E-state index contributed by atoms with van der Waals surface area (Å²) in [5.41, 5.74) is 4.57. The monoisotopic (exact) mass is 402 g/mol. The highest BCUT2D eigenvalue weighted by molar-refractivity contribution is 5.64. The molecule has 5 rings (SSSR count). The Morgan fingerprint density at radius 2 is 1.67 bits per heavy atom. The second-order valence-corrected chi connectivity index (χ2v) is 8.49. The Balaban J connectivity index is 1.27. The molecule has 1 N–H and O–H groups in total. The predicted molar refractivity (Wildman–Crippen MR) is 122 cm³/mol. The Bertz CT molecular complexity index is 968. The number of rotatable bonds is 5. The van der Waals surface area contributed by atoms with Crippen LogP contribution >= 0.6 is 0 Å². The van der Waals surface area contributed by atoms with Crippen LogP contribution < -0.4 is 10.2 Å². The third-order valence-electron chi connectivity index (χ3n) is 6.35. The molecule has 1 aliphatic carbocycles. The summed E-state index contributed by atoms with van der Waals surface area (Å²) in [5.74, 6) is 0.612. The lowest BCUT2D eigenvalue weighted by molar-refractivity contribution is 0.187. The van der Waals surface area contributed by atoms with Crippen molar-refractivity contribution in [1.82, 2.24) is 19.7 Å². The topological polar surface area (TPSA) is 49.2 Å². The van der Waals surface area contributed by atoms with Gasteiger partial charge in [0.25, 0.3) is 0 Å². The number of benzene rings is 2. The Kier molecular flexibility index (Phi) is 5.41. The second kappa shape index (κ2) is 8.48. The molecule has 2 aliphatic rings. The quantitative estimate of drug-likeness (QED) is 0.686. The van der Waals surface area contributed by atoms with E-state index in [-0.39, 0.29) is 0 Å². The molecule has 1 saturated heterocycles. The molecule has 0 atom stereocenters. The van der Waals surface area contributed by atoms with E-state index >= 15 is 0 Å². The summed E-state index contributed by atoms with van der Waals surface area (Å²) in [4.78, 5) is 9.65. The average Bonchev–Trinajstić information content (AvgIpc) is 3.47. The van der Waals surface area contributed by atoms with Crippen LogP contribution in [-0.4, -0.2) is 51.9 Å². The van der Waals surface area contributed by atoms with Gasteiger partial charge >= 0.3 is 0 Å². The number of nitrogens with one attached hydrogen (secondary N) is 1. The zero-order chi connectivity index (χ0) is 20.3. The Labute approximate surface area is 178 Å². The number of nitrogens with zero attached hydrogens (tertiary/aromatic N) is 5.